The van der Waals surface area contributed by atoms with Crippen molar-refractivity contribution in [2.24, 2.45) is 0 Å². The number of anilines is 1. The number of benzene rings is 1. The first-order valence-corrected chi connectivity index (χ1v) is 6.32. The number of amides is 2. The lowest BCUT2D eigenvalue weighted by molar-refractivity contribution is -0.122. The second kappa shape index (κ2) is 5.06. The van der Waals surface area contributed by atoms with E-state index in [0.29, 0.717) is 28.6 Å². The summed E-state index contributed by atoms with van der Waals surface area (Å²) in [6.45, 7) is 1.71. The minimum Gasteiger partial charge on any atom is -0.344 e. The smallest absolute Gasteiger partial charge is 0.246 e. The Kier molecular flexibility index (Phi) is 3.65. The van der Waals surface area contributed by atoms with Gasteiger partial charge in [0.2, 0.25) is 11.8 Å². The summed E-state index contributed by atoms with van der Waals surface area (Å²) in [5.74, 6) is -0.769. The molecule has 1 aliphatic heterocycles. The van der Waals surface area contributed by atoms with E-state index in [1.807, 2.05) is 0 Å². The molecule has 0 aliphatic carbocycles. The second-order valence-corrected chi connectivity index (χ2v) is 5.08. The van der Waals surface area contributed by atoms with E-state index in [4.69, 9.17) is 0 Å². The van der Waals surface area contributed by atoms with Crippen molar-refractivity contribution >= 4 is 33.4 Å². The summed E-state index contributed by atoms with van der Waals surface area (Å²) >= 11 is 3.07. The molecule has 0 radical (unpaired) electrons. The molecule has 1 fully saturated rings. The van der Waals surface area contributed by atoms with Crippen molar-refractivity contribution in [3.05, 3.63) is 28.0 Å². The summed E-state index contributed by atoms with van der Waals surface area (Å²) in [5.41, 5.74) is 1.17. The number of hydrogen-bond acceptors (Lipinski definition) is 2. The van der Waals surface area contributed by atoms with E-state index < -0.39 is 6.04 Å². The lowest BCUT2D eigenvalue weighted by atomic mass is 10.1. The molecule has 1 atom stereocenters. The summed E-state index contributed by atoms with van der Waals surface area (Å²) in [5, 5.41) is 5.27. The van der Waals surface area contributed by atoms with E-state index in [0.717, 1.165) is 0 Å². The molecule has 0 unspecified atom stereocenters. The molecule has 1 aromatic carbocycles. The molecule has 4 nitrogen and oxygen atoms in total. The Morgan fingerprint density at radius 2 is 2.28 bits per heavy atom. The molecule has 0 saturated carbocycles. The van der Waals surface area contributed by atoms with Crippen LogP contribution in [0.5, 0.6) is 0 Å². The van der Waals surface area contributed by atoms with E-state index in [-0.39, 0.29) is 17.6 Å². The Bertz CT molecular complexity index is 519. The first kappa shape index (κ1) is 13.0. The largest absolute Gasteiger partial charge is 0.344 e. The number of hydrogen-bond donors (Lipinski definition) is 2. The third-order valence-corrected chi connectivity index (χ3v) is 3.44. The van der Waals surface area contributed by atoms with Crippen LogP contribution in [-0.4, -0.2) is 17.9 Å². The quantitative estimate of drug-likeness (QED) is 0.878. The normalized spacial score (nSPS) is 18.6. The molecule has 0 aromatic heterocycles. The monoisotopic (exact) mass is 314 g/mol. The fraction of sp³-hybridized carbons (Fsp3) is 0.333. The highest BCUT2D eigenvalue weighted by atomic mass is 79.9. The van der Waals surface area contributed by atoms with Crippen molar-refractivity contribution in [2.45, 2.75) is 25.8 Å². The molecule has 1 heterocycles. The van der Waals surface area contributed by atoms with Gasteiger partial charge in [-0.25, -0.2) is 4.39 Å². The highest BCUT2D eigenvalue weighted by Gasteiger charge is 2.27. The van der Waals surface area contributed by atoms with Gasteiger partial charge in [0, 0.05) is 12.1 Å². The summed E-state index contributed by atoms with van der Waals surface area (Å²) in [7, 11) is 0. The van der Waals surface area contributed by atoms with Gasteiger partial charge < -0.3 is 10.6 Å². The number of nitrogens with one attached hydrogen (secondary N) is 2. The maximum Gasteiger partial charge on any atom is 0.246 e. The van der Waals surface area contributed by atoms with Crippen LogP contribution in [0.3, 0.4) is 0 Å². The van der Waals surface area contributed by atoms with Crippen molar-refractivity contribution in [3.63, 3.8) is 0 Å². The number of carbonyl (C=O) groups is 2. The van der Waals surface area contributed by atoms with Gasteiger partial charge in [-0.3, -0.25) is 9.59 Å². The molecule has 1 aromatic rings. The third kappa shape index (κ3) is 2.69. The van der Waals surface area contributed by atoms with Gasteiger partial charge in [0.15, 0.2) is 0 Å². The van der Waals surface area contributed by atoms with Crippen LogP contribution in [0.15, 0.2) is 16.6 Å². The molecule has 6 heteroatoms. The van der Waals surface area contributed by atoms with Crippen LogP contribution >= 0.6 is 15.9 Å². The first-order valence-electron chi connectivity index (χ1n) is 5.53. The highest BCUT2D eigenvalue weighted by Crippen LogP contribution is 2.24. The van der Waals surface area contributed by atoms with E-state index >= 15 is 0 Å². The van der Waals surface area contributed by atoms with Crippen LogP contribution in [0.25, 0.3) is 0 Å². The summed E-state index contributed by atoms with van der Waals surface area (Å²) in [6.07, 6.45) is 0.857. The second-order valence-electron chi connectivity index (χ2n) is 4.23. The predicted molar refractivity (Wildman–Crippen MR) is 68.6 cm³/mol. The lowest BCUT2D eigenvalue weighted by Crippen LogP contribution is -2.37. The molecule has 96 valence electrons. The minimum atomic E-state index is -0.499. The molecular weight excluding hydrogens is 303 g/mol. The number of halogens is 2. The molecule has 18 heavy (non-hydrogen) atoms. The Morgan fingerprint density at radius 1 is 1.56 bits per heavy atom. The van der Waals surface area contributed by atoms with Crippen LogP contribution < -0.4 is 10.6 Å². The average molecular weight is 315 g/mol. The van der Waals surface area contributed by atoms with Gasteiger partial charge in [-0.1, -0.05) is 0 Å². The molecule has 2 amide bonds. The molecule has 1 aliphatic rings. The van der Waals surface area contributed by atoms with E-state index in [1.165, 1.54) is 12.1 Å². The zero-order chi connectivity index (χ0) is 13.3. The van der Waals surface area contributed by atoms with Gasteiger partial charge >= 0.3 is 0 Å². The summed E-state index contributed by atoms with van der Waals surface area (Å²) in [6, 6.07) is 2.35. The van der Waals surface area contributed by atoms with Gasteiger partial charge in [-0.05, 0) is 47.0 Å². The SMILES string of the molecule is Cc1cc(F)c(Br)cc1NC(=O)[C@@H]1CCC(=O)N1. The van der Waals surface area contributed by atoms with Crippen LogP contribution in [0.4, 0.5) is 10.1 Å². The number of rotatable bonds is 2. The Hall–Kier alpha value is -1.43. The molecule has 0 bridgehead atoms. The van der Waals surface area contributed by atoms with Crippen LogP contribution in [-0.2, 0) is 9.59 Å². The maximum absolute atomic E-state index is 13.2. The Morgan fingerprint density at radius 3 is 2.89 bits per heavy atom. The van der Waals surface area contributed by atoms with Crippen molar-refractivity contribution in [3.8, 4) is 0 Å². The van der Waals surface area contributed by atoms with Crippen molar-refractivity contribution in [1.82, 2.24) is 5.32 Å². The van der Waals surface area contributed by atoms with E-state index in [1.54, 1.807) is 6.92 Å². The number of carbonyl (C=O) groups excluding carboxylic acids is 2. The van der Waals surface area contributed by atoms with Gasteiger partial charge in [-0.15, -0.1) is 0 Å². The molecule has 1 saturated heterocycles. The standard InChI is InChI=1S/C12H12BrFN2O2/c1-6-4-8(14)7(13)5-10(6)16-12(18)9-2-3-11(17)15-9/h4-5,9H,2-3H2,1H3,(H,15,17)(H,16,18)/t9-/m0/s1. The zero-order valence-electron chi connectivity index (χ0n) is 9.72. The number of aryl methyl sites for hydroxylation is 1. The highest BCUT2D eigenvalue weighted by molar-refractivity contribution is 9.10. The average Bonchev–Trinajstić information content (AvgIpc) is 2.73. The van der Waals surface area contributed by atoms with E-state index in [9.17, 15) is 14.0 Å². The van der Waals surface area contributed by atoms with Crippen molar-refractivity contribution < 1.29 is 14.0 Å². The topological polar surface area (TPSA) is 58.2 Å². The summed E-state index contributed by atoms with van der Waals surface area (Å²) in [4.78, 5) is 22.9. The zero-order valence-corrected chi connectivity index (χ0v) is 11.3. The lowest BCUT2D eigenvalue weighted by Gasteiger charge is -2.13. The molecular formula is C12H12BrFN2O2. The molecule has 2 N–H and O–H groups in total. The fourth-order valence-electron chi connectivity index (χ4n) is 1.81. The third-order valence-electron chi connectivity index (χ3n) is 2.84. The van der Waals surface area contributed by atoms with Crippen molar-refractivity contribution in [1.29, 1.82) is 0 Å². The maximum atomic E-state index is 13.2. The Balaban J connectivity index is 2.12. The van der Waals surface area contributed by atoms with Gasteiger partial charge in [0.05, 0.1) is 4.47 Å². The van der Waals surface area contributed by atoms with Crippen LogP contribution in [0.2, 0.25) is 0 Å². The van der Waals surface area contributed by atoms with Gasteiger partial charge in [0.1, 0.15) is 11.9 Å². The Labute approximate surface area is 112 Å². The summed E-state index contributed by atoms with van der Waals surface area (Å²) < 4.78 is 13.5. The van der Waals surface area contributed by atoms with Crippen molar-refractivity contribution in [2.75, 3.05) is 5.32 Å². The van der Waals surface area contributed by atoms with E-state index in [2.05, 4.69) is 26.6 Å². The van der Waals surface area contributed by atoms with Gasteiger partial charge in [-0.2, -0.15) is 0 Å². The van der Waals surface area contributed by atoms with Crippen LogP contribution in [0.1, 0.15) is 18.4 Å². The first-order chi connectivity index (χ1) is 8.47. The fourth-order valence-corrected chi connectivity index (χ4v) is 2.15. The van der Waals surface area contributed by atoms with Gasteiger partial charge in [0.25, 0.3) is 0 Å². The molecule has 2 rings (SSSR count). The minimum absolute atomic E-state index is 0.118. The predicted octanol–water partition coefficient (Wildman–Crippen LogP) is 2.11. The molecule has 0 spiro atoms. The van der Waals surface area contributed by atoms with Crippen LogP contribution in [0, 0.1) is 12.7 Å².